The first kappa shape index (κ1) is 19.4. The van der Waals surface area contributed by atoms with E-state index in [-0.39, 0.29) is 17.1 Å². The molecule has 5 heteroatoms. The van der Waals surface area contributed by atoms with Gasteiger partial charge in [0.05, 0.1) is 11.3 Å². The molecule has 1 N–H and O–H groups in total. The van der Waals surface area contributed by atoms with E-state index in [9.17, 15) is 10.1 Å². The van der Waals surface area contributed by atoms with Gasteiger partial charge in [0.15, 0.2) is 0 Å². The number of nitriles is 1. The Morgan fingerprint density at radius 2 is 2.07 bits per heavy atom. The second kappa shape index (κ2) is 8.14. The van der Waals surface area contributed by atoms with Crippen LogP contribution in [-0.2, 0) is 17.6 Å². The molecule has 1 aliphatic carbocycles. The fraction of sp³-hybridized carbons (Fsp3) is 0.409. The summed E-state index contributed by atoms with van der Waals surface area (Å²) in [5.41, 5.74) is 3.88. The molecule has 0 unspecified atom stereocenters. The molecule has 1 aromatic carbocycles. The lowest BCUT2D eigenvalue weighted by molar-refractivity contribution is -0.113. The van der Waals surface area contributed by atoms with Crippen molar-refractivity contribution in [3.8, 4) is 6.07 Å². The molecule has 4 nitrogen and oxygen atoms in total. The summed E-state index contributed by atoms with van der Waals surface area (Å²) < 4.78 is 0. The first-order valence-corrected chi connectivity index (χ1v) is 10.3. The number of para-hydroxylation sites is 1. The summed E-state index contributed by atoms with van der Waals surface area (Å²) in [5, 5.41) is 13.1. The smallest absolute Gasteiger partial charge is 0.234 e. The Bertz CT molecular complexity index is 866. The molecule has 1 aromatic heterocycles. The molecule has 1 atom stereocenters. The molecular formula is C22H25N3OS. The summed E-state index contributed by atoms with van der Waals surface area (Å²) in [6, 6.07) is 13.6. The third kappa shape index (κ3) is 4.90. The van der Waals surface area contributed by atoms with Crippen LogP contribution in [0.15, 0.2) is 41.4 Å². The van der Waals surface area contributed by atoms with E-state index >= 15 is 0 Å². The van der Waals surface area contributed by atoms with Gasteiger partial charge in [0.1, 0.15) is 11.1 Å². The van der Waals surface area contributed by atoms with Gasteiger partial charge in [-0.2, -0.15) is 5.26 Å². The summed E-state index contributed by atoms with van der Waals surface area (Å²) in [4.78, 5) is 16.9. The summed E-state index contributed by atoms with van der Waals surface area (Å²) in [6.07, 6.45) is 3.03. The fourth-order valence-electron chi connectivity index (χ4n) is 3.43. The maximum Gasteiger partial charge on any atom is 0.234 e. The van der Waals surface area contributed by atoms with Crippen LogP contribution in [0.3, 0.4) is 0 Å². The van der Waals surface area contributed by atoms with Crippen LogP contribution in [0.4, 0.5) is 5.69 Å². The normalized spacial score (nSPS) is 16.3. The molecule has 0 bridgehead atoms. The highest BCUT2D eigenvalue weighted by molar-refractivity contribution is 8.00. The average molecular weight is 380 g/mol. The van der Waals surface area contributed by atoms with Crippen LogP contribution < -0.4 is 5.32 Å². The Balaban J connectivity index is 1.70. The van der Waals surface area contributed by atoms with Crippen molar-refractivity contribution in [2.45, 2.75) is 45.1 Å². The molecule has 27 heavy (non-hydrogen) atoms. The maximum absolute atomic E-state index is 12.2. The predicted molar refractivity (Wildman–Crippen MR) is 110 cm³/mol. The number of rotatable bonds is 4. The Morgan fingerprint density at radius 3 is 2.74 bits per heavy atom. The third-order valence-corrected chi connectivity index (χ3v) is 6.09. The number of pyridine rings is 1. The zero-order valence-corrected chi connectivity index (χ0v) is 16.9. The summed E-state index contributed by atoms with van der Waals surface area (Å²) in [5.74, 6) is 0.746. The Labute approximate surface area is 165 Å². The highest BCUT2D eigenvalue weighted by atomic mass is 32.2. The number of hydrogen-bond donors (Lipinski definition) is 1. The largest absolute Gasteiger partial charge is 0.325 e. The lowest BCUT2D eigenvalue weighted by Crippen LogP contribution is -2.27. The zero-order valence-electron chi connectivity index (χ0n) is 16.1. The van der Waals surface area contributed by atoms with Crippen LogP contribution >= 0.6 is 11.8 Å². The summed E-state index contributed by atoms with van der Waals surface area (Å²) in [6.45, 7) is 6.82. The quantitative estimate of drug-likeness (QED) is 0.772. The van der Waals surface area contributed by atoms with E-state index in [1.165, 1.54) is 17.3 Å². The monoisotopic (exact) mass is 379 g/mol. The molecule has 1 amide bonds. The van der Waals surface area contributed by atoms with Gasteiger partial charge in [-0.3, -0.25) is 4.79 Å². The van der Waals surface area contributed by atoms with E-state index in [0.717, 1.165) is 30.6 Å². The highest BCUT2D eigenvalue weighted by Crippen LogP contribution is 2.38. The fourth-order valence-corrected chi connectivity index (χ4v) is 4.20. The number of carbonyl (C=O) groups excluding carboxylic acids is 1. The van der Waals surface area contributed by atoms with E-state index in [4.69, 9.17) is 4.98 Å². The summed E-state index contributed by atoms with van der Waals surface area (Å²) in [7, 11) is 0. The molecule has 3 rings (SSSR count). The van der Waals surface area contributed by atoms with Gasteiger partial charge in [0.2, 0.25) is 5.91 Å². The topological polar surface area (TPSA) is 65.8 Å². The van der Waals surface area contributed by atoms with Crippen molar-refractivity contribution in [1.82, 2.24) is 4.98 Å². The number of amides is 1. The summed E-state index contributed by atoms with van der Waals surface area (Å²) >= 11 is 1.33. The van der Waals surface area contributed by atoms with E-state index in [2.05, 4.69) is 32.2 Å². The second-order valence-corrected chi connectivity index (χ2v) is 9.03. The molecular weight excluding hydrogens is 354 g/mol. The van der Waals surface area contributed by atoms with Crippen LogP contribution in [0, 0.1) is 22.7 Å². The van der Waals surface area contributed by atoms with Crippen LogP contribution in [0.5, 0.6) is 0 Å². The van der Waals surface area contributed by atoms with Crippen molar-refractivity contribution in [3.63, 3.8) is 0 Å². The zero-order chi connectivity index (χ0) is 19.4. The van der Waals surface area contributed by atoms with E-state index in [1.54, 1.807) is 0 Å². The van der Waals surface area contributed by atoms with Crippen LogP contribution in [-0.4, -0.2) is 16.6 Å². The number of fused-ring (bicyclic) bond motifs is 1. The minimum absolute atomic E-state index is 0.0950. The first-order valence-electron chi connectivity index (χ1n) is 9.27. The van der Waals surface area contributed by atoms with E-state index in [1.807, 2.05) is 36.4 Å². The van der Waals surface area contributed by atoms with E-state index in [0.29, 0.717) is 16.5 Å². The molecule has 0 saturated carbocycles. The standard InChI is InChI=1S/C22H25N3OS/c1-22(2,3)17-9-10-19-15(12-17)11-16(13-23)21(25-19)27-14-20(26)24-18-7-5-4-6-8-18/h4-8,11,17H,9-10,12,14H2,1-3H3,(H,24,26)/t17-/m0/s1. The van der Waals surface area contributed by atoms with E-state index < -0.39 is 0 Å². The van der Waals surface area contributed by atoms with Gasteiger partial charge in [-0.15, -0.1) is 0 Å². The Kier molecular flexibility index (Phi) is 5.86. The minimum Gasteiger partial charge on any atom is -0.325 e. The van der Waals surface area contributed by atoms with Gasteiger partial charge < -0.3 is 5.32 Å². The molecule has 0 aliphatic heterocycles. The highest BCUT2D eigenvalue weighted by Gasteiger charge is 2.30. The molecule has 0 radical (unpaired) electrons. The van der Waals surface area contributed by atoms with Gasteiger partial charge in [0.25, 0.3) is 0 Å². The number of thioether (sulfide) groups is 1. The van der Waals surface area contributed by atoms with Gasteiger partial charge in [-0.05, 0) is 54.4 Å². The lowest BCUT2D eigenvalue weighted by atomic mass is 9.71. The van der Waals surface area contributed by atoms with Crippen molar-refractivity contribution in [3.05, 3.63) is 53.2 Å². The third-order valence-electron chi connectivity index (χ3n) is 5.09. The number of carbonyl (C=O) groups is 1. The Morgan fingerprint density at radius 1 is 1.33 bits per heavy atom. The van der Waals surface area contributed by atoms with Crippen LogP contribution in [0.25, 0.3) is 0 Å². The number of hydrogen-bond acceptors (Lipinski definition) is 4. The number of benzene rings is 1. The maximum atomic E-state index is 12.2. The van der Waals surface area contributed by atoms with Gasteiger partial charge in [0, 0.05) is 11.4 Å². The number of aromatic nitrogens is 1. The molecule has 1 aliphatic rings. The minimum atomic E-state index is -0.0950. The number of nitrogens with zero attached hydrogens (tertiary/aromatic N) is 2. The second-order valence-electron chi connectivity index (χ2n) is 8.07. The lowest BCUT2D eigenvalue weighted by Gasteiger charge is -2.34. The van der Waals surface area contributed by atoms with Crippen molar-refractivity contribution >= 4 is 23.4 Å². The van der Waals surface area contributed by atoms with Gasteiger partial charge in [-0.1, -0.05) is 50.7 Å². The number of aryl methyl sites for hydroxylation is 1. The number of anilines is 1. The van der Waals surface area contributed by atoms with Gasteiger partial charge >= 0.3 is 0 Å². The molecule has 0 fully saturated rings. The first-order chi connectivity index (χ1) is 12.9. The Hall–Kier alpha value is -2.32. The molecule has 1 heterocycles. The molecule has 140 valence electrons. The number of nitrogens with one attached hydrogen (secondary N) is 1. The van der Waals surface area contributed by atoms with Crippen molar-refractivity contribution in [2.75, 3.05) is 11.1 Å². The van der Waals surface area contributed by atoms with Gasteiger partial charge in [-0.25, -0.2) is 4.98 Å². The van der Waals surface area contributed by atoms with Crippen LogP contribution in [0.2, 0.25) is 0 Å². The molecule has 0 spiro atoms. The SMILES string of the molecule is CC(C)(C)[C@H]1CCc2nc(SCC(=O)Nc3ccccc3)c(C#N)cc2C1. The predicted octanol–water partition coefficient (Wildman–Crippen LogP) is 4.84. The van der Waals surface area contributed by atoms with Crippen molar-refractivity contribution in [2.24, 2.45) is 11.3 Å². The van der Waals surface area contributed by atoms with Crippen LogP contribution in [0.1, 0.15) is 44.0 Å². The molecule has 2 aromatic rings. The molecule has 0 saturated heterocycles. The van der Waals surface area contributed by atoms with Crippen molar-refractivity contribution < 1.29 is 4.79 Å². The average Bonchev–Trinajstić information content (AvgIpc) is 2.65. The van der Waals surface area contributed by atoms with Crippen molar-refractivity contribution in [1.29, 1.82) is 5.26 Å².